The van der Waals surface area contributed by atoms with Crippen LogP contribution in [0.2, 0.25) is 0 Å². The molecule has 0 radical (unpaired) electrons. The molecule has 2 rings (SSSR count). The number of nitrogens with one attached hydrogen (secondary N) is 1. The van der Waals surface area contributed by atoms with Gasteiger partial charge >= 0.3 is 10.2 Å². The number of rotatable bonds is 12. The summed E-state index contributed by atoms with van der Waals surface area (Å²) in [7, 11) is 0.391. The number of aryl methyl sites for hydroxylation is 2. The number of benzene rings is 2. The van der Waals surface area contributed by atoms with Gasteiger partial charge in [-0.3, -0.25) is 9.59 Å². The van der Waals surface area contributed by atoms with Gasteiger partial charge in [0.2, 0.25) is 11.8 Å². The smallest absolute Gasteiger partial charge is 0.304 e. The summed E-state index contributed by atoms with van der Waals surface area (Å²) in [6.45, 7) is 9.39. The molecule has 0 spiro atoms. The van der Waals surface area contributed by atoms with E-state index in [0.29, 0.717) is 23.5 Å². The van der Waals surface area contributed by atoms with Gasteiger partial charge in [-0.1, -0.05) is 38.1 Å². The lowest BCUT2D eigenvalue weighted by molar-refractivity contribution is -0.139. The molecule has 0 aliphatic heterocycles. The van der Waals surface area contributed by atoms with E-state index in [2.05, 4.69) is 5.32 Å². The van der Waals surface area contributed by atoms with Gasteiger partial charge in [0.1, 0.15) is 18.3 Å². The molecule has 204 valence electrons. The minimum absolute atomic E-state index is 0.106. The number of ether oxygens (including phenoxy) is 1. The molecule has 0 saturated heterocycles. The molecule has 0 bridgehead atoms. The molecule has 2 aromatic rings. The van der Waals surface area contributed by atoms with Crippen LogP contribution < -0.4 is 14.4 Å². The first-order valence-electron chi connectivity index (χ1n) is 12.3. The Morgan fingerprint density at radius 2 is 1.70 bits per heavy atom. The van der Waals surface area contributed by atoms with Crippen LogP contribution in [0.3, 0.4) is 0 Å². The van der Waals surface area contributed by atoms with Gasteiger partial charge in [-0.2, -0.15) is 12.7 Å². The van der Waals surface area contributed by atoms with Gasteiger partial charge in [-0.15, -0.1) is 0 Å². The van der Waals surface area contributed by atoms with E-state index in [1.807, 2.05) is 39.0 Å². The van der Waals surface area contributed by atoms with Crippen molar-refractivity contribution in [1.29, 1.82) is 0 Å². The van der Waals surface area contributed by atoms with Crippen molar-refractivity contribution in [2.45, 2.75) is 47.2 Å². The number of carbonyl (C=O) groups is 2. The fourth-order valence-corrected chi connectivity index (χ4v) is 4.81. The number of nitrogens with zero attached hydrogens (tertiary/aromatic N) is 3. The van der Waals surface area contributed by atoms with E-state index in [1.54, 1.807) is 45.2 Å². The number of hydrogen-bond donors (Lipinski definition) is 1. The third-order valence-electron chi connectivity index (χ3n) is 5.99. The topological polar surface area (TPSA) is 99.3 Å². The van der Waals surface area contributed by atoms with E-state index in [-0.39, 0.29) is 18.4 Å². The Morgan fingerprint density at radius 3 is 2.30 bits per heavy atom. The Hall–Kier alpha value is -3.11. The fraction of sp³-hybridized carbons (Fsp3) is 0.481. The maximum absolute atomic E-state index is 13.8. The van der Waals surface area contributed by atoms with Crippen molar-refractivity contribution in [1.82, 2.24) is 14.5 Å². The summed E-state index contributed by atoms with van der Waals surface area (Å²) in [5.41, 5.74) is 2.75. The van der Waals surface area contributed by atoms with Crippen molar-refractivity contribution in [3.63, 3.8) is 0 Å². The average molecular weight is 533 g/mol. The van der Waals surface area contributed by atoms with Crippen LogP contribution in [0, 0.1) is 19.8 Å². The molecule has 2 aromatic carbocycles. The molecule has 0 aliphatic rings. The maximum Gasteiger partial charge on any atom is 0.304 e. The molecule has 0 saturated carbocycles. The largest absolute Gasteiger partial charge is 0.497 e. The molecule has 0 heterocycles. The van der Waals surface area contributed by atoms with Gasteiger partial charge in [-0.05, 0) is 61.6 Å². The summed E-state index contributed by atoms with van der Waals surface area (Å²) in [6, 6.07) is 11.8. The number of hydrogen-bond acceptors (Lipinski definition) is 5. The van der Waals surface area contributed by atoms with Crippen LogP contribution in [-0.4, -0.2) is 69.8 Å². The van der Waals surface area contributed by atoms with Crippen molar-refractivity contribution >= 4 is 27.7 Å². The highest BCUT2D eigenvalue weighted by atomic mass is 32.2. The van der Waals surface area contributed by atoms with Gasteiger partial charge in [0.05, 0.1) is 12.8 Å². The molecular formula is C27H40N4O5S. The zero-order valence-electron chi connectivity index (χ0n) is 23.1. The Morgan fingerprint density at radius 1 is 1.03 bits per heavy atom. The minimum atomic E-state index is -4.01. The molecule has 10 heteroatoms. The van der Waals surface area contributed by atoms with Crippen molar-refractivity contribution in [3.8, 4) is 5.75 Å². The first-order valence-corrected chi connectivity index (χ1v) is 13.6. The molecule has 0 fully saturated rings. The molecular weight excluding hydrogens is 492 g/mol. The van der Waals surface area contributed by atoms with E-state index in [9.17, 15) is 18.0 Å². The SMILES string of the molecule is COc1cccc(CN(C(=O)CN(c2cc(C)ccc2C)S(=O)(=O)N(C)C)[C@H](C)C(=O)NCC(C)C)c1. The summed E-state index contributed by atoms with van der Waals surface area (Å²) >= 11 is 0. The van der Waals surface area contributed by atoms with Gasteiger partial charge < -0.3 is 15.0 Å². The molecule has 0 aliphatic carbocycles. The molecule has 9 nitrogen and oxygen atoms in total. The van der Waals surface area contributed by atoms with Crippen LogP contribution in [0.25, 0.3) is 0 Å². The first kappa shape index (κ1) is 30.1. The van der Waals surface area contributed by atoms with Gasteiger partial charge in [0, 0.05) is 27.2 Å². The fourth-order valence-electron chi connectivity index (χ4n) is 3.69. The minimum Gasteiger partial charge on any atom is -0.497 e. The van der Waals surface area contributed by atoms with Crippen molar-refractivity contribution in [3.05, 3.63) is 59.2 Å². The lowest BCUT2D eigenvalue weighted by Crippen LogP contribution is -2.52. The van der Waals surface area contributed by atoms with Crippen LogP contribution in [0.5, 0.6) is 5.75 Å². The molecule has 1 N–H and O–H groups in total. The van der Waals surface area contributed by atoms with Crippen molar-refractivity contribution < 1.29 is 22.7 Å². The zero-order chi connectivity index (χ0) is 27.9. The van der Waals surface area contributed by atoms with Gasteiger partial charge in [-0.25, -0.2) is 4.31 Å². The van der Waals surface area contributed by atoms with Crippen molar-refractivity contribution in [2.24, 2.45) is 5.92 Å². The van der Waals surface area contributed by atoms with E-state index >= 15 is 0 Å². The third kappa shape index (κ3) is 7.93. The monoisotopic (exact) mass is 532 g/mol. The second kappa shape index (κ2) is 12.9. The lowest BCUT2D eigenvalue weighted by atomic mass is 10.1. The second-order valence-electron chi connectivity index (χ2n) is 9.77. The van der Waals surface area contributed by atoms with Crippen LogP contribution in [-0.2, 0) is 26.3 Å². The normalized spacial score (nSPS) is 12.4. The summed E-state index contributed by atoms with van der Waals surface area (Å²) in [5, 5.41) is 2.88. The van der Waals surface area contributed by atoms with Crippen LogP contribution in [0.1, 0.15) is 37.5 Å². The lowest BCUT2D eigenvalue weighted by Gasteiger charge is -2.33. The number of methoxy groups -OCH3 is 1. The van der Waals surface area contributed by atoms with E-state index < -0.39 is 28.7 Å². The van der Waals surface area contributed by atoms with Crippen molar-refractivity contribution in [2.75, 3.05) is 38.6 Å². The summed E-state index contributed by atoms with van der Waals surface area (Å²) in [5.74, 6) is 0.0535. The summed E-state index contributed by atoms with van der Waals surface area (Å²) in [6.07, 6.45) is 0. The second-order valence-corrected chi connectivity index (χ2v) is 11.8. The number of anilines is 1. The molecule has 37 heavy (non-hydrogen) atoms. The quantitative estimate of drug-likeness (QED) is 0.453. The maximum atomic E-state index is 13.8. The summed E-state index contributed by atoms with van der Waals surface area (Å²) in [4.78, 5) is 28.2. The van der Waals surface area contributed by atoms with Crippen LogP contribution >= 0.6 is 0 Å². The predicted molar refractivity (Wildman–Crippen MR) is 147 cm³/mol. The first-order chi connectivity index (χ1) is 17.3. The van der Waals surface area contributed by atoms with E-state index in [0.717, 1.165) is 19.7 Å². The highest BCUT2D eigenvalue weighted by molar-refractivity contribution is 7.90. The molecule has 2 amide bonds. The van der Waals surface area contributed by atoms with E-state index in [4.69, 9.17) is 4.74 Å². The van der Waals surface area contributed by atoms with Crippen LogP contribution in [0.4, 0.5) is 5.69 Å². The van der Waals surface area contributed by atoms with Crippen LogP contribution in [0.15, 0.2) is 42.5 Å². The zero-order valence-corrected chi connectivity index (χ0v) is 23.9. The summed E-state index contributed by atoms with van der Waals surface area (Å²) < 4.78 is 34.2. The Kier molecular flexibility index (Phi) is 10.5. The van der Waals surface area contributed by atoms with Gasteiger partial charge in [0.25, 0.3) is 0 Å². The standard InChI is InChI=1S/C27H40N4O5S/c1-19(2)16-28-27(33)22(5)30(17-23-10-9-11-24(15-23)36-8)26(32)18-31(37(34,35)29(6)7)25-14-20(3)12-13-21(25)4/h9-15,19,22H,16-18H2,1-8H3,(H,28,33)/t22-/m1/s1. The Labute approximate surface area is 221 Å². The number of carbonyl (C=O) groups excluding carboxylic acids is 2. The molecule has 0 aromatic heterocycles. The highest BCUT2D eigenvalue weighted by Crippen LogP contribution is 2.26. The predicted octanol–water partition coefficient (Wildman–Crippen LogP) is 3.11. The molecule has 1 atom stereocenters. The van der Waals surface area contributed by atoms with E-state index in [1.165, 1.54) is 19.0 Å². The third-order valence-corrected chi connectivity index (χ3v) is 7.80. The highest BCUT2D eigenvalue weighted by Gasteiger charge is 2.33. The Bertz CT molecular complexity index is 1200. The Balaban J connectivity index is 2.50. The molecule has 0 unspecified atom stereocenters. The van der Waals surface area contributed by atoms with Gasteiger partial charge in [0.15, 0.2) is 0 Å². The number of amides is 2. The average Bonchev–Trinajstić information content (AvgIpc) is 2.85.